The maximum absolute atomic E-state index is 12.6. The first-order chi connectivity index (χ1) is 16.6. The van der Waals surface area contributed by atoms with Gasteiger partial charge in [0.2, 0.25) is 5.88 Å². The molecule has 8 heteroatoms. The Morgan fingerprint density at radius 1 is 1.03 bits per heavy atom. The Labute approximate surface area is 197 Å². The Bertz CT molecular complexity index is 1330. The summed E-state index contributed by atoms with van der Waals surface area (Å²) in [6.07, 6.45) is 0. The topological polar surface area (TPSA) is 66.2 Å². The molecule has 0 radical (unpaired) electrons. The molecule has 0 spiro atoms. The van der Waals surface area contributed by atoms with Crippen LogP contribution in [0.5, 0.6) is 23.1 Å². The van der Waals surface area contributed by atoms with Gasteiger partial charge in [0.05, 0.1) is 7.11 Å². The van der Waals surface area contributed by atoms with Crippen molar-refractivity contribution < 1.29 is 23.3 Å². The van der Waals surface area contributed by atoms with Crippen LogP contribution in [0, 0.1) is 13.8 Å². The normalized spacial score (nSPS) is 12.6. The van der Waals surface area contributed by atoms with Crippen molar-refractivity contribution in [3.05, 3.63) is 59.7 Å². The minimum Gasteiger partial charge on any atom is -0.491 e. The van der Waals surface area contributed by atoms with Crippen LogP contribution in [0.1, 0.15) is 11.1 Å². The summed E-state index contributed by atoms with van der Waals surface area (Å²) < 4.78 is 37.1. The van der Waals surface area contributed by atoms with Crippen LogP contribution in [0.3, 0.4) is 0 Å². The van der Waals surface area contributed by atoms with Crippen molar-refractivity contribution in [2.75, 3.05) is 38.9 Å². The second-order valence-corrected chi connectivity index (χ2v) is 8.02. The molecule has 0 bridgehead atoms. The van der Waals surface area contributed by atoms with Gasteiger partial charge in [0.1, 0.15) is 49.4 Å². The van der Waals surface area contributed by atoms with Gasteiger partial charge in [-0.05, 0) is 61.4 Å². The number of fused-ring (bicyclic) bond motifs is 2. The molecule has 7 nitrogen and oxygen atoms in total. The zero-order chi connectivity index (χ0) is 23.7. The van der Waals surface area contributed by atoms with Crippen molar-refractivity contribution in [2.45, 2.75) is 13.8 Å². The number of halogens is 1. The van der Waals surface area contributed by atoms with Gasteiger partial charge in [0.25, 0.3) is 0 Å². The summed E-state index contributed by atoms with van der Waals surface area (Å²) in [4.78, 5) is 4.95. The van der Waals surface area contributed by atoms with E-state index in [0.29, 0.717) is 30.6 Å². The molecule has 0 fully saturated rings. The summed E-state index contributed by atoms with van der Waals surface area (Å²) in [6.45, 7) is 4.55. The van der Waals surface area contributed by atoms with E-state index in [9.17, 15) is 4.39 Å². The SMILES string of the molecule is COc1cccc2nc(-c3c(C)cc(OCC[18F])cc3C)c(Nc3ccc4c(c3)OCCO4)n12. The van der Waals surface area contributed by atoms with Crippen LogP contribution < -0.4 is 24.3 Å². The van der Waals surface area contributed by atoms with Crippen molar-refractivity contribution in [3.8, 4) is 34.4 Å². The molecule has 176 valence electrons. The van der Waals surface area contributed by atoms with Crippen molar-refractivity contribution in [1.82, 2.24) is 9.38 Å². The number of hydrogen-bond acceptors (Lipinski definition) is 6. The number of ether oxygens (including phenoxy) is 4. The van der Waals surface area contributed by atoms with Gasteiger partial charge >= 0.3 is 0 Å². The van der Waals surface area contributed by atoms with Crippen LogP contribution >= 0.6 is 0 Å². The molecule has 0 amide bonds. The highest BCUT2D eigenvalue weighted by molar-refractivity contribution is 5.84. The van der Waals surface area contributed by atoms with E-state index in [4.69, 9.17) is 23.9 Å². The molecule has 0 unspecified atom stereocenters. The number of aromatic nitrogens is 2. The lowest BCUT2D eigenvalue weighted by Gasteiger charge is -2.20. The number of alkyl halides is 1. The molecular formula is C26H26FN3O4. The molecular weight excluding hydrogens is 436 g/mol. The highest BCUT2D eigenvalue weighted by Crippen LogP contribution is 2.40. The number of nitrogens with one attached hydrogen (secondary N) is 1. The molecule has 0 saturated heterocycles. The molecule has 0 saturated carbocycles. The van der Waals surface area contributed by atoms with Gasteiger partial charge in [-0.25, -0.2) is 13.8 Å². The highest BCUT2D eigenvalue weighted by Gasteiger charge is 2.21. The summed E-state index contributed by atoms with van der Waals surface area (Å²) in [5, 5.41) is 3.53. The van der Waals surface area contributed by atoms with E-state index in [2.05, 4.69) is 5.32 Å². The van der Waals surface area contributed by atoms with Gasteiger partial charge in [-0.1, -0.05) is 6.07 Å². The van der Waals surface area contributed by atoms with Crippen LogP contribution in [-0.2, 0) is 0 Å². The summed E-state index contributed by atoms with van der Waals surface area (Å²) >= 11 is 0. The maximum Gasteiger partial charge on any atom is 0.200 e. The van der Waals surface area contributed by atoms with Crippen LogP contribution in [0.2, 0.25) is 0 Å². The lowest BCUT2D eigenvalue weighted by Crippen LogP contribution is -2.15. The van der Waals surface area contributed by atoms with E-state index in [1.54, 1.807) is 7.11 Å². The average Bonchev–Trinajstić information content (AvgIpc) is 3.20. The first-order valence-electron chi connectivity index (χ1n) is 11.1. The third-order valence-electron chi connectivity index (χ3n) is 5.71. The second-order valence-electron chi connectivity index (χ2n) is 8.02. The van der Waals surface area contributed by atoms with Crippen molar-refractivity contribution >= 4 is 17.2 Å². The number of benzene rings is 2. The Kier molecular flexibility index (Phi) is 5.88. The summed E-state index contributed by atoms with van der Waals surface area (Å²) in [7, 11) is 1.63. The van der Waals surface area contributed by atoms with Gasteiger partial charge in [-0.15, -0.1) is 0 Å². The minimum atomic E-state index is -0.532. The van der Waals surface area contributed by atoms with E-state index >= 15 is 0 Å². The van der Waals surface area contributed by atoms with Gasteiger partial charge < -0.3 is 24.3 Å². The van der Waals surface area contributed by atoms with Gasteiger partial charge in [-0.3, -0.25) is 0 Å². The Morgan fingerprint density at radius 2 is 1.79 bits per heavy atom. The quantitative estimate of drug-likeness (QED) is 0.392. The third-order valence-corrected chi connectivity index (χ3v) is 5.71. The van der Waals surface area contributed by atoms with E-state index in [1.165, 1.54) is 0 Å². The predicted octanol–water partition coefficient (Wildman–Crippen LogP) is 5.49. The van der Waals surface area contributed by atoms with Crippen molar-refractivity contribution in [2.24, 2.45) is 0 Å². The Morgan fingerprint density at radius 3 is 2.53 bits per heavy atom. The lowest BCUT2D eigenvalue weighted by molar-refractivity contribution is 0.171. The van der Waals surface area contributed by atoms with Gasteiger partial charge in [0.15, 0.2) is 11.5 Å². The van der Waals surface area contributed by atoms with E-state index in [0.717, 1.165) is 45.3 Å². The zero-order valence-corrected chi connectivity index (χ0v) is 19.4. The van der Waals surface area contributed by atoms with Crippen LogP contribution in [-0.4, -0.2) is 43.0 Å². The predicted molar refractivity (Wildman–Crippen MR) is 129 cm³/mol. The standard InChI is InChI=1S/C26H26FN3O4/c1-16-13-19(32-10-9-27)14-17(2)24(16)25-26(30-22(29-25)5-4-6-23(30)31-3)28-18-7-8-20-21(15-18)34-12-11-33-20/h4-8,13-15,28H,9-12H2,1-3H3/i27-1. The monoisotopic (exact) mass is 462 g/mol. The molecule has 1 aliphatic heterocycles. The molecule has 4 aromatic rings. The maximum atomic E-state index is 12.6. The highest BCUT2D eigenvalue weighted by atomic mass is 18.2. The third kappa shape index (κ3) is 3.96. The molecule has 1 N–H and O–H groups in total. The molecule has 2 aromatic heterocycles. The summed E-state index contributed by atoms with van der Waals surface area (Å²) in [6, 6.07) is 15.3. The van der Waals surface area contributed by atoms with E-state index in [-0.39, 0.29) is 6.61 Å². The number of pyridine rings is 1. The van der Waals surface area contributed by atoms with E-state index in [1.807, 2.05) is 66.8 Å². The van der Waals surface area contributed by atoms with Crippen LogP contribution in [0.25, 0.3) is 16.9 Å². The number of imidazole rings is 1. The van der Waals surface area contributed by atoms with Gasteiger partial charge in [-0.2, -0.15) is 0 Å². The molecule has 34 heavy (non-hydrogen) atoms. The zero-order valence-electron chi connectivity index (χ0n) is 19.4. The van der Waals surface area contributed by atoms with Crippen LogP contribution in [0.15, 0.2) is 48.5 Å². The first kappa shape index (κ1) is 21.9. The minimum absolute atomic E-state index is 0.0285. The number of aryl methyl sites for hydroxylation is 2. The smallest absolute Gasteiger partial charge is 0.200 e. The fraction of sp³-hybridized carbons (Fsp3) is 0.269. The molecule has 2 aromatic carbocycles. The Hall–Kier alpha value is -3.94. The molecule has 1 aliphatic rings. The number of nitrogens with zero attached hydrogens (tertiary/aromatic N) is 2. The molecule has 5 rings (SSSR count). The largest absolute Gasteiger partial charge is 0.491 e. The fourth-order valence-electron chi connectivity index (χ4n) is 4.31. The second kappa shape index (κ2) is 9.13. The number of anilines is 2. The summed E-state index contributed by atoms with van der Waals surface area (Å²) in [5.74, 6) is 3.46. The molecule has 0 aliphatic carbocycles. The number of methoxy groups -OCH3 is 1. The van der Waals surface area contributed by atoms with E-state index < -0.39 is 6.67 Å². The lowest BCUT2D eigenvalue weighted by atomic mass is 9.99. The summed E-state index contributed by atoms with van der Waals surface area (Å²) in [5.41, 5.74) is 5.26. The fourth-order valence-corrected chi connectivity index (χ4v) is 4.31. The Balaban J connectivity index is 1.66. The average molecular weight is 463 g/mol. The van der Waals surface area contributed by atoms with Crippen molar-refractivity contribution in [3.63, 3.8) is 0 Å². The number of hydrogen-bond donors (Lipinski definition) is 1. The van der Waals surface area contributed by atoms with Crippen LogP contribution in [0.4, 0.5) is 15.9 Å². The number of rotatable bonds is 7. The first-order valence-corrected chi connectivity index (χ1v) is 11.1. The molecule has 3 heterocycles. The molecule has 0 atom stereocenters. The van der Waals surface area contributed by atoms with Gasteiger partial charge in [0, 0.05) is 17.3 Å². The van der Waals surface area contributed by atoms with Crippen molar-refractivity contribution in [1.29, 1.82) is 0 Å².